The Hall–Kier alpha value is -1.18. The third kappa shape index (κ3) is 5.07. The number of hydrogen-bond acceptors (Lipinski definition) is 3. The summed E-state index contributed by atoms with van der Waals surface area (Å²) >= 11 is -0.146. The van der Waals surface area contributed by atoms with Gasteiger partial charge in [-0.05, 0) is 30.7 Å². The first kappa shape index (κ1) is 16.9. The number of alkyl halides is 3. The summed E-state index contributed by atoms with van der Waals surface area (Å²) in [6.07, 6.45) is 0. The predicted molar refractivity (Wildman–Crippen MR) is 72.8 cm³/mol. The molecule has 8 heteroatoms. The molecule has 4 nitrogen and oxygen atoms in total. The van der Waals surface area contributed by atoms with E-state index in [1.165, 1.54) is 0 Å². The zero-order valence-electron chi connectivity index (χ0n) is 11.6. The van der Waals surface area contributed by atoms with Crippen LogP contribution in [0.2, 0.25) is 0 Å². The first-order valence-corrected chi connectivity index (χ1v) is 7.29. The van der Waals surface area contributed by atoms with E-state index < -0.39 is 11.4 Å². The molecule has 0 bridgehead atoms. The molecule has 0 aliphatic carbocycles. The zero-order chi connectivity index (χ0) is 15.3. The Kier molecular flexibility index (Phi) is 5.91. The van der Waals surface area contributed by atoms with E-state index in [2.05, 4.69) is 10.4 Å². The van der Waals surface area contributed by atoms with Gasteiger partial charge in [0.2, 0.25) is 0 Å². The fourth-order valence-electron chi connectivity index (χ4n) is 1.56. The number of halogens is 3. The molecule has 0 aliphatic heterocycles. The van der Waals surface area contributed by atoms with Crippen molar-refractivity contribution in [2.45, 2.75) is 38.7 Å². The molecule has 0 spiro atoms. The average molecular weight is 309 g/mol. The Morgan fingerprint density at radius 2 is 2.15 bits per heavy atom. The Balaban J connectivity index is 2.59. The van der Waals surface area contributed by atoms with E-state index in [1.807, 2.05) is 20.8 Å². The summed E-state index contributed by atoms with van der Waals surface area (Å²) < 4.78 is 37.4. The molecule has 0 radical (unpaired) electrons. The van der Waals surface area contributed by atoms with Gasteiger partial charge in [-0.3, -0.25) is 9.48 Å². The summed E-state index contributed by atoms with van der Waals surface area (Å²) in [5.74, 6) is -0.406. The number of nitrogens with zero attached hydrogens (tertiary/aromatic N) is 2. The molecule has 1 aromatic rings. The van der Waals surface area contributed by atoms with Crippen molar-refractivity contribution in [1.82, 2.24) is 15.1 Å². The Morgan fingerprint density at radius 3 is 2.65 bits per heavy atom. The van der Waals surface area contributed by atoms with Crippen molar-refractivity contribution in [2.75, 3.05) is 12.3 Å². The molecule has 1 aromatic heterocycles. The smallest absolute Gasteiger partial charge is 0.350 e. The number of thioether (sulfide) groups is 1. The summed E-state index contributed by atoms with van der Waals surface area (Å²) in [6, 6.07) is 1.68. The molecule has 1 rings (SSSR count). The van der Waals surface area contributed by atoms with Gasteiger partial charge in [-0.1, -0.05) is 13.8 Å². The van der Waals surface area contributed by atoms with Gasteiger partial charge >= 0.3 is 5.51 Å². The first-order valence-electron chi connectivity index (χ1n) is 6.31. The molecule has 0 aliphatic rings. The number of nitrogens with one attached hydrogen (secondary N) is 1. The van der Waals surface area contributed by atoms with Crippen molar-refractivity contribution in [3.8, 4) is 0 Å². The van der Waals surface area contributed by atoms with Crippen molar-refractivity contribution in [2.24, 2.45) is 0 Å². The van der Waals surface area contributed by atoms with E-state index >= 15 is 0 Å². The van der Waals surface area contributed by atoms with Crippen LogP contribution in [0.1, 0.15) is 42.9 Å². The Labute approximate surface area is 120 Å². The maximum atomic E-state index is 12.0. The Morgan fingerprint density at radius 1 is 1.50 bits per heavy atom. The summed E-state index contributed by atoms with van der Waals surface area (Å²) in [7, 11) is 0. The highest BCUT2D eigenvalue weighted by atomic mass is 32.2. The maximum Gasteiger partial charge on any atom is 0.441 e. The normalized spacial score (nSPS) is 11.9. The fraction of sp³-hybridized carbons (Fsp3) is 0.667. The number of carbonyl (C=O) groups excluding carboxylic acids is 1. The summed E-state index contributed by atoms with van der Waals surface area (Å²) in [6.45, 7) is 6.28. The SMILES string of the molecule is CCn1nc(C(C)C)cc1C(=O)NCCSC(F)(F)F. The zero-order valence-corrected chi connectivity index (χ0v) is 12.4. The minimum absolute atomic E-state index is 0.0328. The van der Waals surface area contributed by atoms with Crippen LogP contribution in [0.5, 0.6) is 0 Å². The lowest BCUT2D eigenvalue weighted by Crippen LogP contribution is -2.28. The standard InChI is InChI=1S/C12H18F3N3OS/c1-4-18-10(7-9(17-18)8(2)3)11(19)16-5-6-20-12(13,14)15/h7-8H,4-6H2,1-3H3,(H,16,19). The van der Waals surface area contributed by atoms with Gasteiger partial charge in [0.15, 0.2) is 0 Å². The molecule has 114 valence electrons. The van der Waals surface area contributed by atoms with Crippen molar-refractivity contribution < 1.29 is 18.0 Å². The first-order chi connectivity index (χ1) is 9.24. The van der Waals surface area contributed by atoms with E-state index in [-0.39, 0.29) is 30.0 Å². The third-order valence-electron chi connectivity index (χ3n) is 2.58. The number of aromatic nitrogens is 2. The van der Waals surface area contributed by atoms with Gasteiger partial charge in [0.25, 0.3) is 5.91 Å². The number of carbonyl (C=O) groups is 1. The predicted octanol–water partition coefficient (Wildman–Crippen LogP) is 3.01. The number of amides is 1. The largest absolute Gasteiger partial charge is 0.441 e. The highest BCUT2D eigenvalue weighted by Gasteiger charge is 2.27. The molecule has 0 saturated carbocycles. The lowest BCUT2D eigenvalue weighted by molar-refractivity contribution is -0.0327. The van der Waals surface area contributed by atoms with E-state index in [1.54, 1.807) is 10.7 Å². The van der Waals surface area contributed by atoms with Gasteiger partial charge in [-0.2, -0.15) is 18.3 Å². The van der Waals surface area contributed by atoms with E-state index in [4.69, 9.17) is 0 Å². The second kappa shape index (κ2) is 7.01. The molecule has 0 atom stereocenters. The number of rotatable bonds is 6. The summed E-state index contributed by atoms with van der Waals surface area (Å²) in [4.78, 5) is 11.9. The van der Waals surface area contributed by atoms with Gasteiger partial charge in [0, 0.05) is 18.8 Å². The average Bonchev–Trinajstić information content (AvgIpc) is 2.77. The Bertz CT molecular complexity index is 457. The van der Waals surface area contributed by atoms with Crippen LogP contribution in [-0.2, 0) is 6.54 Å². The van der Waals surface area contributed by atoms with Crippen LogP contribution in [-0.4, -0.2) is 33.5 Å². The van der Waals surface area contributed by atoms with E-state index in [0.29, 0.717) is 12.2 Å². The molecule has 0 unspecified atom stereocenters. The van der Waals surface area contributed by atoms with Gasteiger partial charge in [0.1, 0.15) is 5.69 Å². The van der Waals surface area contributed by atoms with E-state index in [9.17, 15) is 18.0 Å². The van der Waals surface area contributed by atoms with Crippen LogP contribution in [0, 0.1) is 0 Å². The molecule has 0 aromatic carbocycles. The number of hydrogen-bond donors (Lipinski definition) is 1. The van der Waals surface area contributed by atoms with Crippen LogP contribution in [0.3, 0.4) is 0 Å². The molecular weight excluding hydrogens is 291 g/mol. The molecule has 1 heterocycles. The monoisotopic (exact) mass is 309 g/mol. The lowest BCUT2D eigenvalue weighted by atomic mass is 10.1. The molecule has 1 N–H and O–H groups in total. The van der Waals surface area contributed by atoms with Gasteiger partial charge in [-0.25, -0.2) is 0 Å². The molecule has 1 amide bonds. The van der Waals surface area contributed by atoms with E-state index in [0.717, 1.165) is 5.69 Å². The molecule has 0 saturated heterocycles. The van der Waals surface area contributed by atoms with Gasteiger partial charge < -0.3 is 5.32 Å². The van der Waals surface area contributed by atoms with Crippen LogP contribution in [0.15, 0.2) is 6.07 Å². The summed E-state index contributed by atoms with van der Waals surface area (Å²) in [5.41, 5.74) is -3.09. The van der Waals surface area contributed by atoms with Crippen LogP contribution >= 0.6 is 11.8 Å². The molecule has 20 heavy (non-hydrogen) atoms. The maximum absolute atomic E-state index is 12.0. The highest BCUT2D eigenvalue weighted by molar-refractivity contribution is 8.00. The van der Waals surface area contributed by atoms with Crippen LogP contribution in [0.4, 0.5) is 13.2 Å². The highest BCUT2D eigenvalue weighted by Crippen LogP contribution is 2.29. The lowest BCUT2D eigenvalue weighted by Gasteiger charge is -2.07. The molecule has 0 fully saturated rings. The minimum Gasteiger partial charge on any atom is -0.350 e. The molecular formula is C12H18F3N3OS. The quantitative estimate of drug-likeness (QED) is 0.822. The second-order valence-corrected chi connectivity index (χ2v) is 5.63. The fourth-order valence-corrected chi connectivity index (χ4v) is 2.00. The van der Waals surface area contributed by atoms with Crippen LogP contribution < -0.4 is 5.32 Å². The van der Waals surface area contributed by atoms with Crippen molar-refractivity contribution in [3.63, 3.8) is 0 Å². The summed E-state index contributed by atoms with van der Waals surface area (Å²) in [5, 5.41) is 6.77. The number of aryl methyl sites for hydroxylation is 1. The van der Waals surface area contributed by atoms with Gasteiger partial charge in [0.05, 0.1) is 5.69 Å². The van der Waals surface area contributed by atoms with Gasteiger partial charge in [-0.15, -0.1) is 0 Å². The van der Waals surface area contributed by atoms with Crippen molar-refractivity contribution >= 4 is 17.7 Å². The van der Waals surface area contributed by atoms with Crippen LogP contribution in [0.25, 0.3) is 0 Å². The topological polar surface area (TPSA) is 46.9 Å². The van der Waals surface area contributed by atoms with Crippen molar-refractivity contribution in [1.29, 1.82) is 0 Å². The minimum atomic E-state index is -4.26. The van der Waals surface area contributed by atoms with Crippen molar-refractivity contribution in [3.05, 3.63) is 17.5 Å². The third-order valence-corrected chi connectivity index (χ3v) is 3.31. The second-order valence-electron chi connectivity index (χ2n) is 4.48.